The van der Waals surface area contributed by atoms with Crippen LogP contribution >= 0.6 is 0 Å². The summed E-state index contributed by atoms with van der Waals surface area (Å²) in [6.45, 7) is 9.99. The standard InChI is InChI=1S/C20H24O2S2/c1-15-6-10-17(11-7-15)23(21)14-19(20(3,4)5)24(22)18-12-8-16(2)9-13-18/h6-14H,1-5H3/b19-14+. The molecule has 0 bridgehead atoms. The molecule has 2 aromatic carbocycles. The lowest BCUT2D eigenvalue weighted by molar-refractivity contribution is 0.528. The van der Waals surface area contributed by atoms with Crippen LogP contribution in [0.15, 0.2) is 68.6 Å². The summed E-state index contributed by atoms with van der Waals surface area (Å²) in [5, 5.41) is 1.65. The Morgan fingerprint density at radius 3 is 1.62 bits per heavy atom. The van der Waals surface area contributed by atoms with Gasteiger partial charge in [0.25, 0.3) is 0 Å². The van der Waals surface area contributed by atoms with Crippen LogP contribution in [0, 0.1) is 19.3 Å². The number of aryl methyl sites for hydroxylation is 2. The SMILES string of the molecule is Cc1ccc(S(=O)/C=C(/S(=O)c2ccc(C)cc2)C(C)(C)C)cc1. The summed E-state index contributed by atoms with van der Waals surface area (Å²) in [7, 11) is -2.65. The van der Waals surface area contributed by atoms with Gasteiger partial charge in [-0.25, -0.2) is 8.42 Å². The Morgan fingerprint density at radius 1 is 0.792 bits per heavy atom. The van der Waals surface area contributed by atoms with Gasteiger partial charge in [-0.15, -0.1) is 0 Å². The fourth-order valence-corrected chi connectivity index (χ4v) is 5.02. The lowest BCUT2D eigenvalue weighted by Crippen LogP contribution is -2.15. The molecule has 128 valence electrons. The lowest BCUT2D eigenvalue weighted by Gasteiger charge is -2.22. The van der Waals surface area contributed by atoms with Gasteiger partial charge in [0.05, 0.1) is 21.6 Å². The summed E-state index contributed by atoms with van der Waals surface area (Å²) in [6.07, 6.45) is 0. The first kappa shape index (κ1) is 18.8. The molecule has 0 saturated heterocycles. The second-order valence-corrected chi connectivity index (χ2v) is 9.67. The quantitative estimate of drug-likeness (QED) is 0.759. The van der Waals surface area contributed by atoms with Crippen molar-refractivity contribution in [2.45, 2.75) is 44.4 Å². The van der Waals surface area contributed by atoms with E-state index in [4.69, 9.17) is 0 Å². The van der Waals surface area contributed by atoms with E-state index >= 15 is 0 Å². The van der Waals surface area contributed by atoms with Crippen molar-refractivity contribution >= 4 is 21.6 Å². The largest absolute Gasteiger partial charge is 0.250 e. The molecule has 0 amide bonds. The molecule has 2 nitrogen and oxygen atoms in total. The Kier molecular flexibility index (Phi) is 5.94. The molecular formula is C20H24O2S2. The first-order valence-corrected chi connectivity index (χ1v) is 10.2. The molecule has 2 atom stereocenters. The van der Waals surface area contributed by atoms with Gasteiger partial charge in [-0.3, -0.25) is 0 Å². The molecule has 0 aromatic heterocycles. The summed E-state index contributed by atoms with van der Waals surface area (Å²) in [5.74, 6) is 0. The molecule has 0 saturated carbocycles. The third-order valence-electron chi connectivity index (χ3n) is 3.64. The molecule has 2 aromatic rings. The first-order chi connectivity index (χ1) is 11.2. The number of rotatable bonds is 4. The van der Waals surface area contributed by atoms with E-state index in [1.165, 1.54) is 0 Å². The molecule has 0 aliphatic carbocycles. The van der Waals surface area contributed by atoms with Gasteiger partial charge in [-0.1, -0.05) is 56.2 Å². The fourth-order valence-electron chi connectivity index (χ4n) is 2.13. The Bertz CT molecular complexity index is 780. The zero-order valence-corrected chi connectivity index (χ0v) is 16.5. The molecule has 0 aliphatic rings. The minimum Gasteiger partial charge on any atom is -0.250 e. The number of benzene rings is 2. The van der Waals surface area contributed by atoms with Gasteiger partial charge in [0.15, 0.2) is 0 Å². The maximum atomic E-state index is 13.0. The molecule has 2 unspecified atom stereocenters. The minimum absolute atomic E-state index is 0.337. The molecule has 0 fully saturated rings. The smallest absolute Gasteiger partial charge is 0.0819 e. The van der Waals surface area contributed by atoms with Gasteiger partial charge in [0.1, 0.15) is 0 Å². The Morgan fingerprint density at radius 2 is 1.21 bits per heavy atom. The van der Waals surface area contributed by atoms with Crippen molar-refractivity contribution in [2.75, 3.05) is 0 Å². The molecule has 0 aliphatic heterocycles. The van der Waals surface area contributed by atoms with Crippen molar-refractivity contribution in [1.29, 1.82) is 0 Å². The predicted molar refractivity (Wildman–Crippen MR) is 103 cm³/mol. The Labute approximate surface area is 149 Å². The summed E-state index contributed by atoms with van der Waals surface area (Å²) < 4.78 is 25.7. The van der Waals surface area contributed by atoms with E-state index in [2.05, 4.69) is 0 Å². The summed E-state index contributed by atoms with van der Waals surface area (Å²) in [4.78, 5) is 2.15. The molecule has 0 spiro atoms. The highest BCUT2D eigenvalue weighted by molar-refractivity contribution is 7.92. The summed E-state index contributed by atoms with van der Waals surface area (Å²) >= 11 is 0. The zero-order chi connectivity index (χ0) is 17.9. The molecular weight excluding hydrogens is 336 g/mol. The average Bonchev–Trinajstić information content (AvgIpc) is 2.52. The molecule has 0 radical (unpaired) electrons. The van der Waals surface area contributed by atoms with Crippen molar-refractivity contribution in [2.24, 2.45) is 5.41 Å². The molecule has 4 heteroatoms. The Hall–Kier alpha value is -1.52. The Balaban J connectivity index is 2.41. The van der Waals surface area contributed by atoms with E-state index in [1.807, 2.05) is 83.1 Å². The van der Waals surface area contributed by atoms with Crippen LogP contribution in [0.1, 0.15) is 31.9 Å². The number of allylic oxidation sites excluding steroid dienone is 1. The van der Waals surface area contributed by atoms with Crippen LogP contribution in [-0.2, 0) is 21.6 Å². The number of hydrogen-bond donors (Lipinski definition) is 0. The summed E-state index contributed by atoms with van der Waals surface area (Å²) in [6, 6.07) is 15.2. The molecule has 0 N–H and O–H groups in total. The monoisotopic (exact) mass is 360 g/mol. The average molecular weight is 361 g/mol. The van der Waals surface area contributed by atoms with E-state index in [0.29, 0.717) is 4.91 Å². The maximum Gasteiger partial charge on any atom is 0.0819 e. The fraction of sp³-hybridized carbons (Fsp3) is 0.300. The number of hydrogen-bond acceptors (Lipinski definition) is 2. The van der Waals surface area contributed by atoms with E-state index in [0.717, 1.165) is 20.9 Å². The van der Waals surface area contributed by atoms with Gasteiger partial charge >= 0.3 is 0 Å². The van der Waals surface area contributed by atoms with Gasteiger partial charge < -0.3 is 0 Å². The molecule has 2 rings (SSSR count). The third kappa shape index (κ3) is 4.74. The minimum atomic E-state index is -1.33. The summed E-state index contributed by atoms with van der Waals surface area (Å²) in [5.41, 5.74) is 1.91. The van der Waals surface area contributed by atoms with Crippen molar-refractivity contribution < 1.29 is 8.42 Å². The predicted octanol–water partition coefficient (Wildman–Crippen LogP) is 5.11. The van der Waals surface area contributed by atoms with Gasteiger partial charge in [-0.2, -0.15) is 0 Å². The lowest BCUT2D eigenvalue weighted by atomic mass is 9.97. The highest BCUT2D eigenvalue weighted by Gasteiger charge is 2.25. The van der Waals surface area contributed by atoms with E-state index in [9.17, 15) is 8.42 Å². The van der Waals surface area contributed by atoms with E-state index in [-0.39, 0.29) is 5.41 Å². The highest BCUT2D eigenvalue weighted by atomic mass is 32.2. The van der Waals surface area contributed by atoms with Gasteiger partial charge in [0, 0.05) is 20.1 Å². The van der Waals surface area contributed by atoms with Crippen molar-refractivity contribution in [3.63, 3.8) is 0 Å². The van der Waals surface area contributed by atoms with Crippen molar-refractivity contribution in [3.05, 3.63) is 70.0 Å². The van der Waals surface area contributed by atoms with Crippen LogP contribution in [0.4, 0.5) is 0 Å². The first-order valence-electron chi connectivity index (χ1n) is 7.86. The van der Waals surface area contributed by atoms with Crippen LogP contribution in [-0.4, -0.2) is 8.42 Å². The van der Waals surface area contributed by atoms with Gasteiger partial charge in [-0.05, 0) is 43.5 Å². The molecule has 0 heterocycles. The molecule has 24 heavy (non-hydrogen) atoms. The van der Waals surface area contributed by atoms with Crippen molar-refractivity contribution in [3.8, 4) is 0 Å². The second-order valence-electron chi connectivity index (χ2n) is 6.92. The second kappa shape index (κ2) is 7.58. The third-order valence-corrected chi connectivity index (χ3v) is 6.81. The van der Waals surface area contributed by atoms with Crippen LogP contribution in [0.3, 0.4) is 0 Å². The van der Waals surface area contributed by atoms with Crippen molar-refractivity contribution in [1.82, 2.24) is 0 Å². The van der Waals surface area contributed by atoms with Crippen LogP contribution in [0.2, 0.25) is 0 Å². The highest BCUT2D eigenvalue weighted by Crippen LogP contribution is 2.32. The normalized spacial score (nSPS) is 15.1. The van der Waals surface area contributed by atoms with Gasteiger partial charge in [0.2, 0.25) is 0 Å². The topological polar surface area (TPSA) is 34.1 Å². The van der Waals surface area contributed by atoms with E-state index < -0.39 is 21.6 Å². The van der Waals surface area contributed by atoms with Crippen LogP contribution in [0.5, 0.6) is 0 Å². The van der Waals surface area contributed by atoms with Crippen LogP contribution in [0.25, 0.3) is 0 Å². The van der Waals surface area contributed by atoms with Crippen LogP contribution < -0.4 is 0 Å². The maximum absolute atomic E-state index is 13.0. The zero-order valence-electron chi connectivity index (χ0n) is 14.8. The van der Waals surface area contributed by atoms with E-state index in [1.54, 1.807) is 5.41 Å².